The van der Waals surface area contributed by atoms with Crippen LogP contribution >= 0.6 is 11.3 Å². The van der Waals surface area contributed by atoms with E-state index in [-0.39, 0.29) is 0 Å². The van der Waals surface area contributed by atoms with Gasteiger partial charge in [0.1, 0.15) is 5.01 Å². The van der Waals surface area contributed by atoms with Gasteiger partial charge in [-0.15, -0.1) is 11.3 Å². The number of hydrogen-bond donors (Lipinski definition) is 2. The highest BCUT2D eigenvalue weighted by atomic mass is 32.1. The number of nitrogens with one attached hydrogen (secondary N) is 1. The number of hydrogen-bond acceptors (Lipinski definition) is 3. The summed E-state index contributed by atoms with van der Waals surface area (Å²) in [6.45, 7) is 2.61. The molecule has 0 saturated carbocycles. The van der Waals surface area contributed by atoms with Crippen molar-refractivity contribution in [3.63, 3.8) is 0 Å². The van der Waals surface area contributed by atoms with Gasteiger partial charge >= 0.3 is 0 Å². The van der Waals surface area contributed by atoms with Gasteiger partial charge in [-0.05, 0) is 24.1 Å². The number of guanidine groups is 1. The lowest BCUT2D eigenvalue weighted by Gasteiger charge is -2.06. The Hall–Kier alpha value is -2.66. The average Bonchev–Trinajstić information content (AvgIpc) is 3.10. The summed E-state index contributed by atoms with van der Waals surface area (Å²) in [5, 5.41) is 6.10. The zero-order valence-electron chi connectivity index (χ0n) is 13.6. The van der Waals surface area contributed by atoms with Crippen LogP contribution in [0.3, 0.4) is 0 Å². The molecule has 0 saturated heterocycles. The summed E-state index contributed by atoms with van der Waals surface area (Å²) in [7, 11) is 0. The second-order valence-corrected chi connectivity index (χ2v) is 6.31. The number of aryl methyl sites for hydroxylation is 1. The second-order valence-electron chi connectivity index (χ2n) is 5.37. The SMILES string of the molecule is CCc1ccc(NC(N)=NCc2nc(-c3ccccc3)cs2)cc1. The van der Waals surface area contributed by atoms with Crippen LogP contribution in [-0.4, -0.2) is 10.9 Å². The predicted molar refractivity (Wildman–Crippen MR) is 102 cm³/mol. The van der Waals surface area contributed by atoms with Gasteiger partial charge in [-0.1, -0.05) is 49.4 Å². The molecule has 0 fully saturated rings. The quantitative estimate of drug-likeness (QED) is 0.539. The molecule has 0 aliphatic carbocycles. The van der Waals surface area contributed by atoms with Crippen molar-refractivity contribution in [3.05, 3.63) is 70.5 Å². The smallest absolute Gasteiger partial charge is 0.193 e. The Labute approximate surface area is 146 Å². The highest BCUT2D eigenvalue weighted by molar-refractivity contribution is 7.09. The Kier molecular flexibility index (Phi) is 5.23. The van der Waals surface area contributed by atoms with Gasteiger partial charge in [0.25, 0.3) is 0 Å². The Morgan fingerprint density at radius 2 is 1.88 bits per heavy atom. The molecule has 4 nitrogen and oxygen atoms in total. The molecular formula is C19H20N4S. The number of anilines is 1. The zero-order valence-corrected chi connectivity index (χ0v) is 14.4. The lowest BCUT2D eigenvalue weighted by Crippen LogP contribution is -2.22. The minimum Gasteiger partial charge on any atom is -0.370 e. The maximum Gasteiger partial charge on any atom is 0.193 e. The van der Waals surface area contributed by atoms with Crippen LogP contribution in [0.4, 0.5) is 5.69 Å². The first-order valence-corrected chi connectivity index (χ1v) is 8.78. The largest absolute Gasteiger partial charge is 0.370 e. The fourth-order valence-corrected chi connectivity index (χ4v) is 3.02. The molecule has 0 bridgehead atoms. The Morgan fingerprint density at radius 1 is 1.12 bits per heavy atom. The maximum atomic E-state index is 5.96. The number of aliphatic imine (C=N–C) groups is 1. The number of rotatable bonds is 5. The van der Waals surface area contributed by atoms with Crippen molar-refractivity contribution in [3.8, 4) is 11.3 Å². The van der Waals surface area contributed by atoms with Crippen molar-refractivity contribution in [2.24, 2.45) is 10.7 Å². The minimum absolute atomic E-state index is 0.399. The first-order valence-electron chi connectivity index (χ1n) is 7.90. The van der Waals surface area contributed by atoms with Gasteiger partial charge in [-0.2, -0.15) is 0 Å². The first-order chi connectivity index (χ1) is 11.7. The molecule has 122 valence electrons. The molecule has 0 unspecified atom stereocenters. The summed E-state index contributed by atoms with van der Waals surface area (Å²) in [5.74, 6) is 0.399. The van der Waals surface area contributed by atoms with Crippen molar-refractivity contribution < 1.29 is 0 Å². The molecule has 3 rings (SSSR count). The summed E-state index contributed by atoms with van der Waals surface area (Å²) in [6.07, 6.45) is 1.03. The molecule has 24 heavy (non-hydrogen) atoms. The summed E-state index contributed by atoms with van der Waals surface area (Å²) in [4.78, 5) is 8.98. The van der Waals surface area contributed by atoms with Crippen LogP contribution in [0, 0.1) is 0 Å². The van der Waals surface area contributed by atoms with Gasteiger partial charge in [0, 0.05) is 16.6 Å². The molecule has 0 atom stereocenters. The van der Waals surface area contributed by atoms with Crippen LogP contribution in [0.25, 0.3) is 11.3 Å². The van der Waals surface area contributed by atoms with Crippen LogP contribution < -0.4 is 11.1 Å². The van der Waals surface area contributed by atoms with E-state index < -0.39 is 0 Å². The standard InChI is InChI=1S/C19H20N4S/c1-2-14-8-10-16(11-9-14)22-19(20)21-12-18-23-17(13-24-18)15-6-4-3-5-7-15/h3-11,13H,2,12H2,1H3,(H3,20,21,22). The van der Waals surface area contributed by atoms with E-state index in [0.29, 0.717) is 12.5 Å². The van der Waals surface area contributed by atoms with E-state index in [0.717, 1.165) is 28.4 Å². The predicted octanol–water partition coefficient (Wildman–Crippen LogP) is 4.30. The van der Waals surface area contributed by atoms with E-state index in [4.69, 9.17) is 5.73 Å². The normalized spacial score (nSPS) is 11.5. The second kappa shape index (κ2) is 7.75. The third-order valence-electron chi connectivity index (χ3n) is 3.64. The van der Waals surface area contributed by atoms with Gasteiger partial charge in [0.05, 0.1) is 12.2 Å². The van der Waals surface area contributed by atoms with Gasteiger partial charge < -0.3 is 11.1 Å². The number of thiazole rings is 1. The highest BCUT2D eigenvalue weighted by Gasteiger charge is 2.04. The van der Waals surface area contributed by atoms with E-state index in [2.05, 4.69) is 46.5 Å². The van der Waals surface area contributed by atoms with Crippen molar-refractivity contribution in [1.29, 1.82) is 0 Å². The lowest BCUT2D eigenvalue weighted by atomic mass is 10.1. The lowest BCUT2D eigenvalue weighted by molar-refractivity contribution is 1.03. The fraction of sp³-hybridized carbons (Fsp3) is 0.158. The molecule has 2 aromatic carbocycles. The van der Waals surface area contributed by atoms with Crippen molar-refractivity contribution in [2.75, 3.05) is 5.32 Å². The van der Waals surface area contributed by atoms with Crippen molar-refractivity contribution >= 4 is 23.0 Å². The van der Waals surface area contributed by atoms with Gasteiger partial charge in [0.15, 0.2) is 5.96 Å². The van der Waals surface area contributed by atoms with E-state index in [9.17, 15) is 0 Å². The molecule has 0 spiro atoms. The van der Waals surface area contributed by atoms with Crippen LogP contribution in [0.5, 0.6) is 0 Å². The molecule has 0 amide bonds. The summed E-state index contributed by atoms with van der Waals surface area (Å²) < 4.78 is 0. The first kappa shape index (κ1) is 16.2. The van der Waals surface area contributed by atoms with E-state index in [1.54, 1.807) is 11.3 Å². The van der Waals surface area contributed by atoms with Gasteiger partial charge in [0.2, 0.25) is 0 Å². The molecule has 0 aliphatic rings. The Morgan fingerprint density at radius 3 is 2.58 bits per heavy atom. The maximum absolute atomic E-state index is 5.96. The summed E-state index contributed by atoms with van der Waals surface area (Å²) in [5.41, 5.74) is 10.3. The third-order valence-corrected chi connectivity index (χ3v) is 4.47. The molecule has 3 aromatic rings. The monoisotopic (exact) mass is 336 g/mol. The minimum atomic E-state index is 0.399. The van der Waals surface area contributed by atoms with E-state index >= 15 is 0 Å². The van der Waals surface area contributed by atoms with Crippen LogP contribution in [0.2, 0.25) is 0 Å². The van der Waals surface area contributed by atoms with E-state index in [1.807, 2.05) is 35.7 Å². The topological polar surface area (TPSA) is 63.3 Å². The van der Waals surface area contributed by atoms with Crippen molar-refractivity contribution in [2.45, 2.75) is 19.9 Å². The Balaban J connectivity index is 1.61. The summed E-state index contributed by atoms with van der Waals surface area (Å²) >= 11 is 1.60. The van der Waals surface area contributed by atoms with Gasteiger partial charge in [-0.3, -0.25) is 0 Å². The van der Waals surface area contributed by atoms with Crippen LogP contribution in [0.1, 0.15) is 17.5 Å². The third kappa shape index (κ3) is 4.20. The highest BCUT2D eigenvalue weighted by Crippen LogP contribution is 2.21. The molecule has 1 aromatic heterocycles. The van der Waals surface area contributed by atoms with Crippen molar-refractivity contribution in [1.82, 2.24) is 4.98 Å². The number of nitrogens with two attached hydrogens (primary N) is 1. The number of benzene rings is 2. The molecule has 1 heterocycles. The molecule has 0 aliphatic heterocycles. The van der Waals surface area contributed by atoms with E-state index in [1.165, 1.54) is 5.56 Å². The molecule has 3 N–H and O–H groups in total. The fourth-order valence-electron chi connectivity index (χ4n) is 2.29. The van der Waals surface area contributed by atoms with Crippen LogP contribution in [0.15, 0.2) is 65.0 Å². The van der Waals surface area contributed by atoms with Gasteiger partial charge in [-0.25, -0.2) is 9.98 Å². The average molecular weight is 336 g/mol. The zero-order chi connectivity index (χ0) is 16.8. The number of nitrogens with zero attached hydrogens (tertiary/aromatic N) is 2. The summed E-state index contributed by atoms with van der Waals surface area (Å²) in [6, 6.07) is 18.3. The Bertz CT molecular complexity index is 807. The molecule has 5 heteroatoms. The molecular weight excluding hydrogens is 316 g/mol. The number of aromatic nitrogens is 1. The molecule has 0 radical (unpaired) electrons. The van der Waals surface area contributed by atoms with Crippen LogP contribution in [-0.2, 0) is 13.0 Å².